The number of halogens is 4. The van der Waals surface area contributed by atoms with Gasteiger partial charge in [-0.25, -0.2) is 4.58 Å². The fourth-order valence-electron chi connectivity index (χ4n) is 3.92. The van der Waals surface area contributed by atoms with E-state index in [1.54, 1.807) is 14.2 Å². The van der Waals surface area contributed by atoms with Crippen molar-refractivity contribution in [2.75, 3.05) is 27.3 Å². The molecule has 1 aliphatic heterocycles. The van der Waals surface area contributed by atoms with Crippen molar-refractivity contribution >= 4 is 18.2 Å². The maximum absolute atomic E-state index is 9.75. The zero-order valence-corrected chi connectivity index (χ0v) is 18.3. The summed E-state index contributed by atoms with van der Waals surface area (Å²) in [6, 6.07) is 16.3. The molecule has 0 bridgehead atoms. The third-order valence-corrected chi connectivity index (χ3v) is 5.32. The summed E-state index contributed by atoms with van der Waals surface area (Å²) in [7, 11) is -2.70. The van der Waals surface area contributed by atoms with Crippen molar-refractivity contribution in [3.05, 3.63) is 53.9 Å². The molecule has 0 spiro atoms. The van der Waals surface area contributed by atoms with Crippen LogP contribution in [-0.2, 0) is 0 Å². The van der Waals surface area contributed by atoms with Gasteiger partial charge in [-0.05, 0) is 36.8 Å². The zero-order valence-electron chi connectivity index (χ0n) is 18.3. The number of fused-ring (bicyclic) bond motifs is 1. The number of nitrogens with zero attached hydrogens (tertiary/aromatic N) is 1. The van der Waals surface area contributed by atoms with Crippen molar-refractivity contribution in [3.8, 4) is 22.8 Å². The number of para-hydroxylation sites is 1. The molecule has 0 amide bonds. The van der Waals surface area contributed by atoms with Crippen molar-refractivity contribution in [3.63, 3.8) is 0 Å². The molecular weight excluding hydrogens is 425 g/mol. The highest BCUT2D eigenvalue weighted by atomic mass is 19.5. The van der Waals surface area contributed by atoms with Gasteiger partial charge >= 0.3 is 7.25 Å². The van der Waals surface area contributed by atoms with Crippen LogP contribution in [-0.4, -0.2) is 34.6 Å². The first-order valence-corrected chi connectivity index (χ1v) is 10.4. The lowest BCUT2D eigenvalue weighted by Crippen LogP contribution is -2.38. The van der Waals surface area contributed by atoms with Crippen LogP contribution in [0.3, 0.4) is 0 Å². The van der Waals surface area contributed by atoms with Crippen molar-refractivity contribution in [2.45, 2.75) is 19.8 Å². The smallest absolute Gasteiger partial charge is 0.493 e. The van der Waals surface area contributed by atoms with E-state index in [2.05, 4.69) is 29.7 Å². The molecule has 1 aliphatic rings. The Balaban J connectivity index is 0.000000523. The van der Waals surface area contributed by atoms with Crippen molar-refractivity contribution in [2.24, 2.45) is 5.92 Å². The molecule has 0 radical (unpaired) electrons. The predicted octanol–water partition coefficient (Wildman–Crippen LogP) is 5.62. The number of rotatable bonds is 3. The fourth-order valence-corrected chi connectivity index (χ4v) is 3.92. The lowest BCUT2D eigenvalue weighted by molar-refractivity contribution is 0.355. The highest BCUT2D eigenvalue weighted by molar-refractivity contribution is 6.50. The summed E-state index contributed by atoms with van der Waals surface area (Å²) in [6.07, 6.45) is 2.53. The average molecular weight is 451 g/mol. The minimum Gasteiger partial charge on any atom is -0.493 e. The largest absolute Gasteiger partial charge is 0.673 e. The lowest BCUT2D eigenvalue weighted by atomic mass is 10.0. The second kappa shape index (κ2) is 10.1. The number of hydrogen-bond acceptors (Lipinski definition) is 3. The Labute approximate surface area is 184 Å². The van der Waals surface area contributed by atoms with Gasteiger partial charge in [0, 0.05) is 17.9 Å². The van der Waals surface area contributed by atoms with Gasteiger partial charge in [0.15, 0.2) is 11.5 Å². The zero-order chi connectivity index (χ0) is 23.3. The quantitative estimate of drug-likeness (QED) is 0.295. The Kier molecular flexibility index (Phi) is 7.48. The maximum atomic E-state index is 9.75. The average Bonchev–Trinajstić information content (AvgIpc) is 2.76. The first-order chi connectivity index (χ1) is 15.2. The Hall–Kier alpha value is -2.97. The number of hydrogen-bond donors (Lipinski definition) is 0. The van der Waals surface area contributed by atoms with Crippen LogP contribution in [0.25, 0.3) is 22.3 Å². The fraction of sp³-hybridized carbons (Fsp3) is 0.348. The van der Waals surface area contributed by atoms with Crippen molar-refractivity contribution in [1.82, 2.24) is 4.58 Å². The van der Waals surface area contributed by atoms with E-state index < -0.39 is 7.25 Å². The van der Waals surface area contributed by atoms with E-state index in [0.29, 0.717) is 17.4 Å². The van der Waals surface area contributed by atoms with Crippen molar-refractivity contribution in [1.29, 1.82) is 0 Å². The Bertz CT molecular complexity index is 1140. The molecule has 1 saturated heterocycles. The molecule has 172 valence electrons. The highest BCUT2D eigenvalue weighted by Crippen LogP contribution is 2.32. The van der Waals surface area contributed by atoms with E-state index in [9.17, 15) is 17.3 Å². The van der Waals surface area contributed by atoms with Gasteiger partial charge in [0.25, 0.3) is 0 Å². The molecule has 9 heteroatoms. The molecule has 0 aliphatic carbocycles. The second-order valence-electron chi connectivity index (χ2n) is 7.75. The van der Waals surface area contributed by atoms with Gasteiger partial charge in [-0.3, -0.25) is 0 Å². The molecule has 4 nitrogen and oxygen atoms in total. The third-order valence-electron chi connectivity index (χ3n) is 5.32. The van der Waals surface area contributed by atoms with Crippen LogP contribution < -0.4 is 19.4 Å². The van der Waals surface area contributed by atoms with Crippen LogP contribution in [0.2, 0.25) is 0 Å². The predicted molar refractivity (Wildman–Crippen MR) is 118 cm³/mol. The molecular formula is C23H26BF4NO3. The Morgan fingerprint density at radius 2 is 1.66 bits per heavy atom. The summed E-state index contributed by atoms with van der Waals surface area (Å²) in [5.41, 5.74) is 1.88. The van der Waals surface area contributed by atoms with E-state index in [-0.39, 0.29) is 0 Å². The number of ether oxygens (including phenoxy) is 2. The maximum Gasteiger partial charge on any atom is 0.673 e. The molecule has 1 unspecified atom stereocenters. The summed E-state index contributed by atoms with van der Waals surface area (Å²) < 4.78 is 58.6. The molecule has 4 rings (SSSR count). The standard InChI is InChI=1S/C23H26NO3.BF4/c1-16-7-6-12-24(15-16)19-14-22(27-20-9-5-4-8-18(19)20)17-10-11-21(25-2)23(13-17)26-3;2-1(3,4)5/h4-5,8-11,13-14,16H,6-7,12,15H2,1-3H3;/q+1;-1. The normalized spacial score (nSPS) is 18.0. The number of piperidine rings is 1. The van der Waals surface area contributed by atoms with Crippen molar-refractivity contribution < 1.29 is 31.2 Å². The molecule has 0 N–H and O–H groups in total. The lowest BCUT2D eigenvalue weighted by Gasteiger charge is -2.17. The van der Waals surface area contributed by atoms with Crippen LogP contribution in [0.5, 0.6) is 11.5 Å². The molecule has 1 fully saturated rings. The van der Waals surface area contributed by atoms with E-state index in [0.717, 1.165) is 35.4 Å². The van der Waals surface area contributed by atoms with Gasteiger partial charge in [-0.1, -0.05) is 19.1 Å². The second-order valence-corrected chi connectivity index (χ2v) is 7.75. The third kappa shape index (κ3) is 6.05. The van der Waals surface area contributed by atoms with Crippen LogP contribution in [0.1, 0.15) is 19.8 Å². The minimum atomic E-state index is -6.00. The Morgan fingerprint density at radius 3 is 2.31 bits per heavy atom. The summed E-state index contributed by atoms with van der Waals surface area (Å²) in [4.78, 5) is 0. The highest BCUT2D eigenvalue weighted by Gasteiger charge is 2.21. The summed E-state index contributed by atoms with van der Waals surface area (Å²) in [5, 5.41) is 2.41. The van der Waals surface area contributed by atoms with E-state index in [4.69, 9.17) is 13.9 Å². The minimum absolute atomic E-state index is 0.700. The first-order valence-electron chi connectivity index (χ1n) is 10.4. The summed E-state index contributed by atoms with van der Waals surface area (Å²) >= 11 is 0. The Morgan fingerprint density at radius 1 is 0.969 bits per heavy atom. The van der Waals surface area contributed by atoms with Crippen LogP contribution in [0, 0.1) is 5.92 Å². The first kappa shape index (κ1) is 23.7. The van der Waals surface area contributed by atoms with Crippen LogP contribution >= 0.6 is 0 Å². The van der Waals surface area contributed by atoms with E-state index in [1.165, 1.54) is 18.2 Å². The molecule has 1 atom stereocenters. The monoisotopic (exact) mass is 451 g/mol. The van der Waals surface area contributed by atoms with Crippen LogP contribution in [0.15, 0.2) is 52.9 Å². The number of methoxy groups -OCH3 is 2. The molecule has 32 heavy (non-hydrogen) atoms. The summed E-state index contributed by atoms with van der Waals surface area (Å²) in [5.74, 6) is 2.96. The van der Waals surface area contributed by atoms with Gasteiger partial charge in [-0.15, -0.1) is 0 Å². The van der Waals surface area contributed by atoms with Gasteiger partial charge in [0.1, 0.15) is 24.4 Å². The van der Waals surface area contributed by atoms with E-state index in [1.807, 2.05) is 30.3 Å². The van der Waals surface area contributed by atoms with Gasteiger partial charge in [0.05, 0.1) is 25.7 Å². The number of benzene rings is 2. The van der Waals surface area contributed by atoms with Crippen LogP contribution in [0.4, 0.5) is 17.3 Å². The molecule has 1 aromatic heterocycles. The topological polar surface area (TPSA) is 34.6 Å². The van der Waals surface area contributed by atoms with Gasteiger partial charge < -0.3 is 31.2 Å². The van der Waals surface area contributed by atoms with E-state index >= 15 is 0 Å². The molecule has 0 saturated carbocycles. The molecule has 2 aromatic carbocycles. The summed E-state index contributed by atoms with van der Waals surface area (Å²) in [6.45, 7) is 4.50. The molecule has 2 heterocycles. The molecule has 3 aromatic rings. The SMILES string of the molecule is COc1ccc(-c2cc(=[N+]3CCCC(C)C3)c3ccccc3o2)cc1OC.F[B-](F)(F)F. The van der Waals surface area contributed by atoms with Gasteiger partial charge in [-0.2, -0.15) is 0 Å². The van der Waals surface area contributed by atoms with Gasteiger partial charge in [0.2, 0.25) is 5.36 Å².